The van der Waals surface area contributed by atoms with Crippen LogP contribution in [-0.4, -0.2) is 26.9 Å². The van der Waals surface area contributed by atoms with E-state index >= 15 is 0 Å². The summed E-state index contributed by atoms with van der Waals surface area (Å²) in [5.41, 5.74) is 1.09. The second kappa shape index (κ2) is 7.94. The molecule has 0 N–H and O–H groups in total. The SMILES string of the molecule is CC(C)N1C(=O)/C(=C\c2ccc(Cl)c([N+](=O)[O-])c2)SC1=Nc1ccccc1. The van der Waals surface area contributed by atoms with Crippen molar-refractivity contribution in [1.82, 2.24) is 4.90 Å². The number of rotatable bonds is 4. The van der Waals surface area contributed by atoms with Crippen molar-refractivity contribution in [2.75, 3.05) is 0 Å². The molecule has 0 atom stereocenters. The number of amidine groups is 1. The van der Waals surface area contributed by atoms with Crippen LogP contribution < -0.4 is 0 Å². The van der Waals surface area contributed by atoms with Crippen molar-refractivity contribution in [1.29, 1.82) is 0 Å². The van der Waals surface area contributed by atoms with Crippen molar-refractivity contribution in [2.24, 2.45) is 4.99 Å². The van der Waals surface area contributed by atoms with E-state index in [-0.39, 0.29) is 22.7 Å². The highest BCUT2D eigenvalue weighted by atomic mass is 35.5. The molecular formula is C19H16ClN3O3S. The molecule has 0 unspecified atom stereocenters. The molecule has 1 saturated heterocycles. The lowest BCUT2D eigenvalue weighted by atomic mass is 10.2. The van der Waals surface area contributed by atoms with Crippen LogP contribution in [0.15, 0.2) is 58.4 Å². The molecule has 138 valence electrons. The predicted molar refractivity (Wildman–Crippen MR) is 109 cm³/mol. The Morgan fingerprint density at radius 3 is 2.56 bits per heavy atom. The quantitative estimate of drug-likeness (QED) is 0.397. The molecule has 0 spiro atoms. The van der Waals surface area contributed by atoms with E-state index in [0.29, 0.717) is 15.6 Å². The molecule has 1 amide bonds. The lowest BCUT2D eigenvalue weighted by Gasteiger charge is -2.19. The Kier molecular flexibility index (Phi) is 5.62. The van der Waals surface area contributed by atoms with Crippen LogP contribution in [0.1, 0.15) is 19.4 Å². The molecule has 1 heterocycles. The van der Waals surface area contributed by atoms with E-state index in [1.165, 1.54) is 23.9 Å². The predicted octanol–water partition coefficient (Wildman–Crippen LogP) is 5.26. The van der Waals surface area contributed by atoms with Gasteiger partial charge in [0.25, 0.3) is 11.6 Å². The summed E-state index contributed by atoms with van der Waals surface area (Å²) in [5.74, 6) is -0.178. The lowest BCUT2D eigenvalue weighted by molar-refractivity contribution is -0.384. The van der Waals surface area contributed by atoms with Crippen LogP contribution in [0.25, 0.3) is 6.08 Å². The molecule has 0 aromatic heterocycles. The van der Waals surface area contributed by atoms with Gasteiger partial charge in [0.05, 0.1) is 15.5 Å². The Balaban J connectivity index is 1.99. The van der Waals surface area contributed by atoms with Gasteiger partial charge in [-0.25, -0.2) is 4.99 Å². The summed E-state index contributed by atoms with van der Waals surface area (Å²) in [6, 6.07) is 13.8. The number of nitrogens with zero attached hydrogens (tertiary/aromatic N) is 3. The van der Waals surface area contributed by atoms with Gasteiger partial charge in [0.1, 0.15) is 5.02 Å². The highest BCUT2D eigenvalue weighted by Gasteiger charge is 2.35. The molecule has 3 rings (SSSR count). The third kappa shape index (κ3) is 4.20. The van der Waals surface area contributed by atoms with Crippen LogP contribution in [0, 0.1) is 10.1 Å². The second-order valence-corrected chi connectivity index (χ2v) is 7.49. The first-order valence-corrected chi connectivity index (χ1v) is 9.37. The molecule has 0 saturated carbocycles. The zero-order valence-electron chi connectivity index (χ0n) is 14.6. The monoisotopic (exact) mass is 401 g/mol. The molecular weight excluding hydrogens is 386 g/mol. The number of carbonyl (C=O) groups is 1. The first kappa shape index (κ1) is 19.1. The van der Waals surface area contributed by atoms with Crippen LogP contribution in [0.3, 0.4) is 0 Å². The number of para-hydroxylation sites is 1. The molecule has 0 aliphatic carbocycles. The Morgan fingerprint density at radius 2 is 1.93 bits per heavy atom. The highest BCUT2D eigenvalue weighted by Crippen LogP contribution is 2.36. The summed E-state index contributed by atoms with van der Waals surface area (Å²) in [5, 5.41) is 11.7. The topological polar surface area (TPSA) is 75.8 Å². The summed E-state index contributed by atoms with van der Waals surface area (Å²) >= 11 is 7.10. The molecule has 0 bridgehead atoms. The number of hydrogen-bond acceptors (Lipinski definition) is 5. The van der Waals surface area contributed by atoms with Gasteiger partial charge in [-0.05, 0) is 55.4 Å². The second-order valence-electron chi connectivity index (χ2n) is 6.08. The Bertz CT molecular complexity index is 958. The maximum absolute atomic E-state index is 12.8. The summed E-state index contributed by atoms with van der Waals surface area (Å²) in [6.07, 6.45) is 1.62. The van der Waals surface area contributed by atoms with Gasteiger partial charge in [0, 0.05) is 12.1 Å². The molecule has 2 aromatic carbocycles. The van der Waals surface area contributed by atoms with Crippen LogP contribution in [-0.2, 0) is 4.79 Å². The third-order valence-corrected chi connectivity index (χ3v) is 5.10. The Morgan fingerprint density at radius 1 is 1.22 bits per heavy atom. The zero-order valence-corrected chi connectivity index (χ0v) is 16.2. The van der Waals surface area contributed by atoms with Gasteiger partial charge in [-0.15, -0.1) is 0 Å². The number of amides is 1. The largest absolute Gasteiger partial charge is 0.288 e. The number of halogens is 1. The number of nitro benzene ring substituents is 1. The standard InChI is InChI=1S/C19H16ClN3O3S/c1-12(2)22-18(24)17(27-19(22)21-14-6-4-3-5-7-14)11-13-8-9-15(20)16(10-13)23(25)26/h3-12H,1-2H3/b17-11+,21-19?. The maximum Gasteiger partial charge on any atom is 0.288 e. The van der Waals surface area contributed by atoms with Crippen molar-refractivity contribution in [3.63, 3.8) is 0 Å². The smallest absolute Gasteiger partial charge is 0.284 e. The number of hydrogen-bond donors (Lipinski definition) is 0. The summed E-state index contributed by atoms with van der Waals surface area (Å²) in [4.78, 5) is 30.0. The van der Waals surface area contributed by atoms with Crippen molar-refractivity contribution >= 4 is 51.9 Å². The summed E-state index contributed by atoms with van der Waals surface area (Å²) in [6.45, 7) is 3.82. The van der Waals surface area contributed by atoms with Crippen molar-refractivity contribution in [2.45, 2.75) is 19.9 Å². The fourth-order valence-corrected chi connectivity index (χ4v) is 3.85. The van der Waals surface area contributed by atoms with E-state index < -0.39 is 4.92 Å². The molecule has 1 aliphatic rings. The fraction of sp³-hybridized carbons (Fsp3) is 0.158. The van der Waals surface area contributed by atoms with Crippen LogP contribution in [0.2, 0.25) is 5.02 Å². The molecule has 6 nitrogen and oxygen atoms in total. The normalized spacial score (nSPS) is 17.3. The van der Waals surface area contributed by atoms with Crippen molar-refractivity contribution < 1.29 is 9.72 Å². The Hall–Kier alpha value is -2.64. The average molecular weight is 402 g/mol. The summed E-state index contributed by atoms with van der Waals surface area (Å²) in [7, 11) is 0. The minimum atomic E-state index is -0.545. The van der Waals surface area contributed by atoms with Gasteiger partial charge >= 0.3 is 0 Å². The van der Waals surface area contributed by atoms with E-state index in [9.17, 15) is 14.9 Å². The highest BCUT2D eigenvalue weighted by molar-refractivity contribution is 8.18. The third-order valence-electron chi connectivity index (χ3n) is 3.80. The lowest BCUT2D eigenvalue weighted by Crippen LogP contribution is -2.35. The van der Waals surface area contributed by atoms with Gasteiger partial charge in [-0.1, -0.05) is 35.9 Å². The zero-order chi connectivity index (χ0) is 19.6. The van der Waals surface area contributed by atoms with Gasteiger partial charge in [0.2, 0.25) is 0 Å². The van der Waals surface area contributed by atoms with E-state index in [1.807, 2.05) is 44.2 Å². The minimum absolute atomic E-state index is 0.0580. The van der Waals surface area contributed by atoms with Gasteiger partial charge in [-0.3, -0.25) is 19.8 Å². The van der Waals surface area contributed by atoms with Crippen LogP contribution in [0.4, 0.5) is 11.4 Å². The van der Waals surface area contributed by atoms with Crippen LogP contribution >= 0.6 is 23.4 Å². The van der Waals surface area contributed by atoms with E-state index in [0.717, 1.165) is 5.69 Å². The Labute approximate surface area is 165 Å². The fourth-order valence-electron chi connectivity index (χ4n) is 2.54. The van der Waals surface area contributed by atoms with E-state index in [2.05, 4.69) is 4.99 Å². The summed E-state index contributed by atoms with van der Waals surface area (Å²) < 4.78 is 0. The molecule has 0 radical (unpaired) electrons. The molecule has 1 fully saturated rings. The number of aliphatic imine (C=N–C) groups is 1. The number of nitro groups is 1. The van der Waals surface area contributed by atoms with Crippen molar-refractivity contribution in [3.8, 4) is 0 Å². The molecule has 27 heavy (non-hydrogen) atoms. The van der Waals surface area contributed by atoms with Gasteiger partial charge in [-0.2, -0.15) is 0 Å². The maximum atomic E-state index is 12.8. The van der Waals surface area contributed by atoms with Crippen LogP contribution in [0.5, 0.6) is 0 Å². The number of benzene rings is 2. The molecule has 8 heteroatoms. The first-order chi connectivity index (χ1) is 12.9. The molecule has 2 aromatic rings. The van der Waals surface area contributed by atoms with Crippen molar-refractivity contribution in [3.05, 3.63) is 74.1 Å². The van der Waals surface area contributed by atoms with Gasteiger partial charge < -0.3 is 0 Å². The number of thioether (sulfide) groups is 1. The minimum Gasteiger partial charge on any atom is -0.284 e. The van der Waals surface area contributed by atoms with Gasteiger partial charge in [0.15, 0.2) is 5.17 Å². The first-order valence-electron chi connectivity index (χ1n) is 8.17. The van der Waals surface area contributed by atoms with E-state index in [1.54, 1.807) is 17.0 Å². The average Bonchev–Trinajstić information content (AvgIpc) is 2.92. The van der Waals surface area contributed by atoms with E-state index in [4.69, 9.17) is 11.6 Å². The number of carbonyl (C=O) groups excluding carboxylic acids is 1. The molecule has 1 aliphatic heterocycles.